The average molecular weight is 332 g/mol. The molecule has 0 aromatic carbocycles. The lowest BCUT2D eigenvalue weighted by molar-refractivity contribution is -0.126. The summed E-state index contributed by atoms with van der Waals surface area (Å²) in [7, 11) is 0. The van der Waals surface area contributed by atoms with Crippen molar-refractivity contribution in [1.82, 2.24) is 21.1 Å². The van der Waals surface area contributed by atoms with Crippen LogP contribution < -0.4 is 16.1 Å². The van der Waals surface area contributed by atoms with Crippen LogP contribution >= 0.6 is 0 Å². The van der Waals surface area contributed by atoms with Gasteiger partial charge in [-0.1, -0.05) is 19.7 Å². The number of hydrazine groups is 1. The van der Waals surface area contributed by atoms with E-state index < -0.39 is 37.3 Å². The maximum Gasteiger partial charge on any atom is 0.307 e. The number of carbonyl (C=O) groups is 1. The minimum Gasteiger partial charge on any atom is -0.350 e. The van der Waals surface area contributed by atoms with Gasteiger partial charge < -0.3 is 10.6 Å². The molecule has 5 nitrogen and oxygen atoms in total. The Hall–Kier alpha value is -0.790. The zero-order valence-electron chi connectivity index (χ0n) is 15.5. The van der Waals surface area contributed by atoms with Crippen molar-refractivity contribution in [3.05, 3.63) is 0 Å². The summed E-state index contributed by atoms with van der Waals surface area (Å²) in [5, 5.41) is 7.31. The van der Waals surface area contributed by atoms with Crippen LogP contribution in [0.3, 0.4) is 0 Å². The molecule has 3 aliphatic heterocycles. The second-order valence-electron chi connectivity index (χ2n) is 6.88. The fourth-order valence-corrected chi connectivity index (χ4v) is 4.08. The fourth-order valence-electron chi connectivity index (χ4n) is 4.08. The molecule has 0 aliphatic carbocycles. The molecule has 3 saturated heterocycles. The number of piperidine rings is 1. The Morgan fingerprint density at radius 2 is 2.22 bits per heavy atom. The first-order valence-electron chi connectivity index (χ1n) is 9.72. The molecule has 0 radical (unpaired) electrons. The predicted molar refractivity (Wildman–Crippen MR) is 83.7 cm³/mol. The quantitative estimate of drug-likeness (QED) is 0.637. The Kier molecular flexibility index (Phi) is 4.68. The highest BCUT2D eigenvalue weighted by atomic mass is 19.3. The summed E-state index contributed by atoms with van der Waals surface area (Å²) in [5.41, 5.74) is 2.75. The maximum atomic E-state index is 13.5. The Morgan fingerprint density at radius 1 is 1.39 bits per heavy atom. The summed E-state index contributed by atoms with van der Waals surface area (Å²) in [6.45, 7) is 0.0657. The van der Waals surface area contributed by atoms with Crippen LogP contribution in [0.25, 0.3) is 0 Å². The molecule has 6 unspecified atom stereocenters. The lowest BCUT2D eigenvalue weighted by atomic mass is 9.81. The van der Waals surface area contributed by atoms with Crippen molar-refractivity contribution in [1.29, 1.82) is 0 Å². The average Bonchev–Trinajstić information content (AvgIpc) is 3.01. The first kappa shape index (κ1) is 14.5. The van der Waals surface area contributed by atoms with E-state index >= 15 is 0 Å². The van der Waals surface area contributed by atoms with E-state index in [0.717, 1.165) is 30.8 Å². The predicted octanol–water partition coefficient (Wildman–Crippen LogP) is 1.46. The highest BCUT2D eigenvalue weighted by Crippen LogP contribution is 2.31. The number of fused-ring (bicyclic) bond motifs is 4. The monoisotopic (exact) mass is 332 g/mol. The lowest BCUT2D eigenvalue weighted by Crippen LogP contribution is -2.55. The van der Waals surface area contributed by atoms with Gasteiger partial charge in [0, 0.05) is 21.2 Å². The lowest BCUT2D eigenvalue weighted by Gasteiger charge is -2.39. The summed E-state index contributed by atoms with van der Waals surface area (Å²) in [4.78, 5) is 12.5. The van der Waals surface area contributed by atoms with E-state index in [1.165, 1.54) is 0 Å². The third kappa shape index (κ3) is 3.83. The van der Waals surface area contributed by atoms with Gasteiger partial charge in [-0.15, -0.1) is 0 Å². The van der Waals surface area contributed by atoms with Crippen molar-refractivity contribution in [2.45, 2.75) is 70.1 Å². The van der Waals surface area contributed by atoms with Gasteiger partial charge >= 0.3 is 6.55 Å². The van der Waals surface area contributed by atoms with E-state index in [1.807, 2.05) is 0 Å². The topological polar surface area (TPSA) is 56.4 Å². The van der Waals surface area contributed by atoms with E-state index in [2.05, 4.69) is 16.1 Å². The van der Waals surface area contributed by atoms with Crippen molar-refractivity contribution < 1.29 is 16.3 Å². The Bertz CT molecular complexity index is 487. The molecule has 1 amide bonds. The van der Waals surface area contributed by atoms with Crippen LogP contribution in [-0.4, -0.2) is 48.7 Å². The third-order valence-corrected chi connectivity index (χ3v) is 5.30. The van der Waals surface area contributed by atoms with Crippen LogP contribution in [0.4, 0.5) is 8.78 Å². The second kappa shape index (κ2) is 7.40. The van der Waals surface area contributed by atoms with Crippen LogP contribution in [0, 0.1) is 11.8 Å². The first-order valence-corrected chi connectivity index (χ1v) is 8.56. The molecule has 0 aromatic heterocycles. The van der Waals surface area contributed by atoms with Gasteiger partial charge in [0.25, 0.3) is 0 Å². The van der Waals surface area contributed by atoms with Crippen molar-refractivity contribution >= 4 is 5.91 Å². The van der Waals surface area contributed by atoms with Gasteiger partial charge in [-0.05, 0) is 38.1 Å². The summed E-state index contributed by atoms with van der Waals surface area (Å²) in [6, 6.07) is -0.662. The number of hydrogen-bond donors (Lipinski definition) is 3. The van der Waals surface area contributed by atoms with Crippen LogP contribution in [0.1, 0.15) is 48.1 Å². The summed E-state index contributed by atoms with van der Waals surface area (Å²) >= 11 is 0. The molecule has 132 valence electrons. The summed E-state index contributed by atoms with van der Waals surface area (Å²) in [6.07, 6.45) is 1.41. The zero-order valence-corrected chi connectivity index (χ0v) is 13.5. The van der Waals surface area contributed by atoms with Crippen molar-refractivity contribution in [3.8, 4) is 0 Å². The number of amides is 1. The summed E-state index contributed by atoms with van der Waals surface area (Å²) in [5.74, 6) is -0.876. The molecule has 3 aliphatic rings. The largest absolute Gasteiger partial charge is 0.350 e. The van der Waals surface area contributed by atoms with Gasteiger partial charge in [-0.3, -0.25) is 4.79 Å². The number of nitrogens with one attached hydrogen (secondary N) is 3. The van der Waals surface area contributed by atoms with Crippen molar-refractivity contribution in [3.63, 3.8) is 0 Å². The van der Waals surface area contributed by atoms with Gasteiger partial charge in [0.15, 0.2) is 0 Å². The van der Waals surface area contributed by atoms with E-state index in [9.17, 15) is 13.6 Å². The molecule has 2 bridgehead atoms. The first-order chi connectivity index (χ1) is 11.9. The standard InChI is InChI=1S/C16H28F2N4O/c1-10-4-2-3-5-12-8-11(6-7-19-12)14-13(21-15(10)23)9-20-22(14)16(17)18/h10-14,16,19-20H,2-9H2,1H3,(H,21,23)/t10-,11?,12?,13?,14?/m1/s1/i2D,4D/t2?,4?,10-,11?,12?,13?,14?. The number of halogens is 2. The van der Waals surface area contributed by atoms with Crippen molar-refractivity contribution in [2.24, 2.45) is 11.8 Å². The minimum absolute atomic E-state index is 0.0614. The van der Waals surface area contributed by atoms with Crippen LogP contribution in [-0.2, 0) is 4.79 Å². The molecule has 3 rings (SSSR count). The second-order valence-corrected chi connectivity index (χ2v) is 6.88. The smallest absolute Gasteiger partial charge is 0.307 e. The van der Waals surface area contributed by atoms with Gasteiger partial charge in [-0.2, -0.15) is 13.8 Å². The molecule has 7 atom stereocenters. The normalized spacial score (nSPS) is 47.8. The molecule has 23 heavy (non-hydrogen) atoms. The van der Waals surface area contributed by atoms with Crippen LogP contribution in [0.5, 0.6) is 0 Å². The molecule has 7 heteroatoms. The van der Waals surface area contributed by atoms with E-state index in [-0.39, 0.29) is 24.4 Å². The maximum absolute atomic E-state index is 13.5. The zero-order chi connectivity index (χ0) is 18.1. The Labute approximate surface area is 139 Å². The number of alkyl halides is 2. The summed E-state index contributed by atoms with van der Waals surface area (Å²) < 4.78 is 43.3. The van der Waals surface area contributed by atoms with Gasteiger partial charge in [-0.25, -0.2) is 5.43 Å². The van der Waals surface area contributed by atoms with E-state index in [0.29, 0.717) is 6.42 Å². The molecule has 0 spiro atoms. The van der Waals surface area contributed by atoms with Gasteiger partial charge in [0.1, 0.15) is 0 Å². The SMILES string of the molecule is [2H]C1CCC2CC(CCN2)C2C(CNN2C(F)F)NC(=O)[C@H](C)C1[2H]. The van der Waals surface area contributed by atoms with Crippen LogP contribution in [0.15, 0.2) is 0 Å². The molecule has 3 N–H and O–H groups in total. The molecular formula is C16H28F2N4O. The number of carbonyl (C=O) groups excluding carboxylic acids is 1. The molecule has 3 fully saturated rings. The Morgan fingerprint density at radius 3 is 3.00 bits per heavy atom. The number of hydrogen-bond acceptors (Lipinski definition) is 4. The number of rotatable bonds is 1. The molecule has 3 heterocycles. The molecular weight excluding hydrogens is 302 g/mol. The third-order valence-electron chi connectivity index (χ3n) is 5.30. The minimum atomic E-state index is -2.62. The number of nitrogens with zero attached hydrogens (tertiary/aromatic N) is 1. The van der Waals surface area contributed by atoms with E-state index in [1.54, 1.807) is 6.92 Å². The highest BCUT2D eigenvalue weighted by Gasteiger charge is 2.45. The van der Waals surface area contributed by atoms with Gasteiger partial charge in [0.2, 0.25) is 5.91 Å². The van der Waals surface area contributed by atoms with E-state index in [4.69, 9.17) is 2.74 Å². The van der Waals surface area contributed by atoms with Gasteiger partial charge in [0.05, 0.1) is 12.1 Å². The molecule has 0 saturated carbocycles. The molecule has 0 aromatic rings. The highest BCUT2D eigenvalue weighted by molar-refractivity contribution is 5.78. The van der Waals surface area contributed by atoms with Crippen LogP contribution in [0.2, 0.25) is 0 Å². The Balaban J connectivity index is 1.85. The van der Waals surface area contributed by atoms with Crippen molar-refractivity contribution in [2.75, 3.05) is 13.1 Å². The fraction of sp³-hybridized carbons (Fsp3) is 0.938.